The van der Waals surface area contributed by atoms with Crippen molar-refractivity contribution in [1.82, 2.24) is 0 Å². The molecule has 5 nitrogen and oxygen atoms in total. The van der Waals surface area contributed by atoms with Crippen LogP contribution < -0.4 is 15.4 Å². The third kappa shape index (κ3) is 4.71. The van der Waals surface area contributed by atoms with Crippen molar-refractivity contribution in [3.8, 4) is 5.75 Å². The Morgan fingerprint density at radius 1 is 0.900 bits per heavy atom. The summed E-state index contributed by atoms with van der Waals surface area (Å²) in [6.07, 6.45) is -3.21. The second-order valence-electron chi connectivity index (χ2n) is 7.04. The van der Waals surface area contributed by atoms with Gasteiger partial charge in [-0.2, -0.15) is 0 Å². The Labute approximate surface area is 169 Å². The summed E-state index contributed by atoms with van der Waals surface area (Å²) < 4.78 is 41.2. The number of amides is 2. The van der Waals surface area contributed by atoms with E-state index in [-0.39, 0.29) is 23.1 Å². The molecule has 1 saturated carbocycles. The van der Waals surface area contributed by atoms with Crippen LogP contribution in [0.1, 0.15) is 23.2 Å². The lowest BCUT2D eigenvalue weighted by Gasteiger charge is -2.14. The Balaban J connectivity index is 1.63. The van der Waals surface area contributed by atoms with Crippen LogP contribution in [0, 0.1) is 5.92 Å². The Morgan fingerprint density at radius 3 is 2.27 bits per heavy atom. The topological polar surface area (TPSA) is 67.4 Å². The maximum Gasteiger partial charge on any atom is 0.573 e. The van der Waals surface area contributed by atoms with Crippen molar-refractivity contribution in [2.45, 2.75) is 19.2 Å². The molecule has 0 spiro atoms. The normalized spacial score (nSPS) is 13.7. The van der Waals surface area contributed by atoms with Gasteiger partial charge in [0.2, 0.25) is 5.91 Å². The number of ether oxygens (including phenoxy) is 1. The van der Waals surface area contributed by atoms with E-state index < -0.39 is 18.0 Å². The lowest BCUT2D eigenvalue weighted by atomic mass is 10.0. The number of hydrogen-bond donors (Lipinski definition) is 2. The van der Waals surface area contributed by atoms with E-state index in [0.717, 1.165) is 35.7 Å². The van der Waals surface area contributed by atoms with Gasteiger partial charge in [0.15, 0.2) is 0 Å². The molecular weight excluding hydrogens is 397 g/mol. The molecule has 0 aliphatic heterocycles. The first-order valence-electron chi connectivity index (χ1n) is 9.29. The Morgan fingerprint density at radius 2 is 1.60 bits per heavy atom. The molecule has 2 N–H and O–H groups in total. The summed E-state index contributed by atoms with van der Waals surface area (Å²) in [5.74, 6) is -1.21. The van der Waals surface area contributed by atoms with Gasteiger partial charge >= 0.3 is 6.36 Å². The van der Waals surface area contributed by atoms with Crippen molar-refractivity contribution in [2.24, 2.45) is 5.92 Å². The SMILES string of the molecule is O=C(Nc1cccc(OC(F)(F)F)c1)c1cc2ccccc2cc1NC(=O)C1CC1. The monoisotopic (exact) mass is 414 g/mol. The molecule has 0 bridgehead atoms. The number of benzene rings is 3. The minimum Gasteiger partial charge on any atom is -0.406 e. The summed E-state index contributed by atoms with van der Waals surface area (Å²) in [5, 5.41) is 7.01. The van der Waals surface area contributed by atoms with Gasteiger partial charge in [-0.1, -0.05) is 30.3 Å². The standard InChI is InChI=1S/C22H17F3N2O3/c23-22(24,25)30-17-7-3-6-16(12-17)26-21(29)18-10-14-4-1-2-5-15(14)11-19(18)27-20(28)13-8-9-13/h1-7,10-13H,8-9H2,(H,26,29)(H,27,28). The van der Waals surface area contributed by atoms with Gasteiger partial charge in [0, 0.05) is 17.7 Å². The van der Waals surface area contributed by atoms with Crippen molar-refractivity contribution in [3.05, 3.63) is 66.2 Å². The summed E-state index contributed by atoms with van der Waals surface area (Å²) in [6.45, 7) is 0. The molecule has 1 fully saturated rings. The van der Waals surface area contributed by atoms with Gasteiger partial charge in [-0.3, -0.25) is 9.59 Å². The zero-order valence-electron chi connectivity index (χ0n) is 15.6. The molecule has 154 valence electrons. The van der Waals surface area contributed by atoms with Crippen molar-refractivity contribution in [3.63, 3.8) is 0 Å². The van der Waals surface area contributed by atoms with Crippen LogP contribution in [-0.4, -0.2) is 18.2 Å². The second kappa shape index (κ2) is 7.70. The number of alkyl halides is 3. The molecular formula is C22H17F3N2O3. The van der Waals surface area contributed by atoms with E-state index in [1.54, 1.807) is 12.1 Å². The molecule has 0 radical (unpaired) electrons. The third-order valence-electron chi connectivity index (χ3n) is 4.66. The number of fused-ring (bicyclic) bond motifs is 1. The van der Waals surface area contributed by atoms with Gasteiger partial charge in [-0.25, -0.2) is 0 Å². The van der Waals surface area contributed by atoms with Gasteiger partial charge < -0.3 is 15.4 Å². The van der Waals surface area contributed by atoms with Crippen molar-refractivity contribution in [1.29, 1.82) is 0 Å². The summed E-state index contributed by atoms with van der Waals surface area (Å²) in [6, 6.07) is 15.7. The second-order valence-corrected chi connectivity index (χ2v) is 7.04. The van der Waals surface area contributed by atoms with Gasteiger partial charge in [0.1, 0.15) is 5.75 Å². The molecule has 3 aromatic rings. The summed E-state index contributed by atoms with van der Waals surface area (Å²) >= 11 is 0. The quantitative estimate of drug-likeness (QED) is 0.592. The third-order valence-corrected chi connectivity index (χ3v) is 4.66. The lowest BCUT2D eigenvalue weighted by molar-refractivity contribution is -0.274. The van der Waals surface area contributed by atoms with E-state index in [1.807, 2.05) is 24.3 Å². The number of carbonyl (C=O) groups is 2. The van der Waals surface area contributed by atoms with Crippen molar-refractivity contribution < 1.29 is 27.5 Å². The van der Waals surface area contributed by atoms with Crippen molar-refractivity contribution in [2.75, 3.05) is 10.6 Å². The van der Waals surface area contributed by atoms with E-state index in [2.05, 4.69) is 15.4 Å². The molecule has 0 aromatic heterocycles. The van der Waals surface area contributed by atoms with Gasteiger partial charge in [0.05, 0.1) is 11.3 Å². The molecule has 0 heterocycles. The molecule has 30 heavy (non-hydrogen) atoms. The maximum absolute atomic E-state index is 12.9. The zero-order chi connectivity index (χ0) is 21.3. The van der Waals surface area contributed by atoms with Crippen LogP contribution in [0.5, 0.6) is 5.75 Å². The minimum absolute atomic E-state index is 0.0522. The first-order valence-corrected chi connectivity index (χ1v) is 9.29. The fourth-order valence-electron chi connectivity index (χ4n) is 3.08. The highest BCUT2D eigenvalue weighted by atomic mass is 19.4. The van der Waals surface area contributed by atoms with E-state index in [0.29, 0.717) is 5.69 Å². The van der Waals surface area contributed by atoms with E-state index in [1.165, 1.54) is 12.1 Å². The molecule has 0 saturated heterocycles. The molecule has 3 aromatic carbocycles. The minimum atomic E-state index is -4.83. The molecule has 1 aliphatic carbocycles. The highest BCUT2D eigenvalue weighted by molar-refractivity contribution is 6.13. The summed E-state index contributed by atoms with van der Waals surface area (Å²) in [4.78, 5) is 25.2. The van der Waals surface area contributed by atoms with Crippen LogP contribution in [0.15, 0.2) is 60.7 Å². The smallest absolute Gasteiger partial charge is 0.406 e. The largest absolute Gasteiger partial charge is 0.573 e. The Hall–Kier alpha value is -3.55. The predicted molar refractivity (Wildman–Crippen MR) is 106 cm³/mol. The van der Waals surface area contributed by atoms with Crippen LogP contribution >= 0.6 is 0 Å². The molecule has 1 aliphatic rings. The Kier molecular flexibility index (Phi) is 5.07. The predicted octanol–water partition coefficient (Wildman–Crippen LogP) is 5.34. The average Bonchev–Trinajstić information content (AvgIpc) is 3.51. The summed E-state index contributed by atoms with van der Waals surface area (Å²) in [5.41, 5.74) is 0.699. The lowest BCUT2D eigenvalue weighted by Crippen LogP contribution is -2.19. The van der Waals surface area contributed by atoms with Crippen LogP contribution in [-0.2, 0) is 4.79 Å². The van der Waals surface area contributed by atoms with E-state index in [9.17, 15) is 22.8 Å². The number of halogens is 3. The molecule has 0 unspecified atom stereocenters. The number of nitrogens with one attached hydrogen (secondary N) is 2. The summed E-state index contributed by atoms with van der Waals surface area (Å²) in [7, 11) is 0. The highest BCUT2D eigenvalue weighted by Gasteiger charge is 2.31. The van der Waals surface area contributed by atoms with Gasteiger partial charge in [0.25, 0.3) is 5.91 Å². The Bertz CT molecular complexity index is 1120. The molecule has 2 amide bonds. The van der Waals surface area contributed by atoms with Gasteiger partial charge in [-0.05, 0) is 47.9 Å². The highest BCUT2D eigenvalue weighted by Crippen LogP contribution is 2.32. The maximum atomic E-state index is 12.9. The molecule has 8 heteroatoms. The van der Waals surface area contributed by atoms with E-state index in [4.69, 9.17) is 0 Å². The van der Waals surface area contributed by atoms with Crippen LogP contribution in [0.25, 0.3) is 10.8 Å². The fourth-order valence-corrected chi connectivity index (χ4v) is 3.08. The number of carbonyl (C=O) groups excluding carboxylic acids is 2. The first kappa shape index (κ1) is 19.8. The van der Waals surface area contributed by atoms with Crippen LogP contribution in [0.2, 0.25) is 0 Å². The number of anilines is 2. The van der Waals surface area contributed by atoms with E-state index >= 15 is 0 Å². The molecule has 0 atom stereocenters. The number of hydrogen-bond acceptors (Lipinski definition) is 3. The average molecular weight is 414 g/mol. The fraction of sp³-hybridized carbons (Fsp3) is 0.182. The van der Waals surface area contributed by atoms with Crippen molar-refractivity contribution >= 4 is 34.0 Å². The number of rotatable bonds is 5. The van der Waals surface area contributed by atoms with Gasteiger partial charge in [-0.15, -0.1) is 13.2 Å². The molecule has 4 rings (SSSR count). The van der Waals surface area contributed by atoms with Crippen LogP contribution in [0.4, 0.5) is 24.5 Å². The first-order chi connectivity index (χ1) is 14.3. The zero-order valence-corrected chi connectivity index (χ0v) is 15.6. The van der Waals surface area contributed by atoms with Crippen LogP contribution in [0.3, 0.4) is 0 Å².